The van der Waals surface area contributed by atoms with Gasteiger partial charge in [0.1, 0.15) is 5.69 Å². The first-order valence-corrected chi connectivity index (χ1v) is 8.90. The van der Waals surface area contributed by atoms with Gasteiger partial charge in [-0.2, -0.15) is 15.2 Å². The Morgan fingerprint density at radius 1 is 1.36 bits per heavy atom. The molecule has 3 N–H and O–H groups in total. The van der Waals surface area contributed by atoms with Crippen molar-refractivity contribution in [1.82, 2.24) is 9.97 Å². The van der Waals surface area contributed by atoms with E-state index in [-0.39, 0.29) is 37.7 Å². The lowest BCUT2D eigenvalue weighted by atomic mass is 10.0. The largest absolute Gasteiger partial charge is 0.463 e. The highest BCUT2D eigenvalue weighted by Gasteiger charge is 2.31. The van der Waals surface area contributed by atoms with Crippen LogP contribution in [0.25, 0.3) is 0 Å². The molecule has 0 saturated carbocycles. The van der Waals surface area contributed by atoms with Crippen LogP contribution in [0.2, 0.25) is 0 Å². The maximum absolute atomic E-state index is 12.2. The zero-order valence-electron chi connectivity index (χ0n) is 15.4. The van der Waals surface area contributed by atoms with Crippen LogP contribution in [0.15, 0.2) is 24.3 Å². The van der Waals surface area contributed by atoms with Gasteiger partial charge in [0.2, 0.25) is 5.91 Å². The highest BCUT2D eigenvalue weighted by atomic mass is 16.5. The zero-order chi connectivity index (χ0) is 19.4. The van der Waals surface area contributed by atoms with E-state index < -0.39 is 0 Å². The van der Waals surface area contributed by atoms with E-state index in [9.17, 15) is 4.79 Å². The van der Waals surface area contributed by atoms with E-state index in [4.69, 9.17) is 15.7 Å². The third kappa shape index (κ3) is 4.31. The van der Waals surface area contributed by atoms with E-state index in [1.807, 2.05) is 24.0 Å². The zero-order valence-corrected chi connectivity index (χ0v) is 15.4. The predicted molar refractivity (Wildman–Crippen MR) is 109 cm³/mol. The number of amides is 1. The van der Waals surface area contributed by atoms with Gasteiger partial charge in [-0.25, -0.2) is 0 Å². The first kappa shape index (κ1) is 21.0. The number of hydrogen-bond donors (Lipinski definition) is 2. The highest BCUT2D eigenvalue weighted by Crippen LogP contribution is 2.37. The first-order chi connectivity index (χ1) is 13.0. The van der Waals surface area contributed by atoms with Crippen LogP contribution in [0.3, 0.4) is 0 Å². The fourth-order valence-corrected chi connectivity index (χ4v) is 2.89. The minimum Gasteiger partial charge on any atom is -0.463 e. The van der Waals surface area contributed by atoms with Crippen LogP contribution < -0.4 is 20.7 Å². The van der Waals surface area contributed by atoms with Gasteiger partial charge in [0, 0.05) is 0 Å². The second-order valence-electron chi connectivity index (χ2n) is 6.38. The monoisotopic (exact) mass is 382 g/mol. The van der Waals surface area contributed by atoms with Crippen molar-refractivity contribution in [2.24, 2.45) is 0 Å². The SMILES string of the molecule is C.CCCCOc1nc(N)c2c(n1)N(C(C)c1ccc(C#N)cc1)CC(=O)N2. The van der Waals surface area contributed by atoms with E-state index in [1.165, 1.54) is 0 Å². The summed E-state index contributed by atoms with van der Waals surface area (Å²) in [6.07, 6.45) is 1.89. The van der Waals surface area contributed by atoms with Crippen LogP contribution in [-0.2, 0) is 4.79 Å². The van der Waals surface area contributed by atoms with E-state index in [0.29, 0.717) is 23.7 Å². The number of nitrogens with one attached hydrogen (secondary N) is 1. The van der Waals surface area contributed by atoms with Crippen LogP contribution in [0.1, 0.15) is 51.3 Å². The summed E-state index contributed by atoms with van der Waals surface area (Å²) in [5.41, 5.74) is 7.98. The van der Waals surface area contributed by atoms with Crippen molar-refractivity contribution in [1.29, 1.82) is 5.26 Å². The Balaban J connectivity index is 0.00000280. The molecule has 0 radical (unpaired) electrons. The number of unbranched alkanes of at least 4 members (excludes halogenated alkanes) is 1. The molecule has 1 aliphatic heterocycles. The number of nitrogens with zero attached hydrogens (tertiary/aromatic N) is 4. The number of carbonyl (C=O) groups is 1. The Kier molecular flexibility index (Phi) is 6.77. The lowest BCUT2D eigenvalue weighted by molar-refractivity contribution is -0.115. The second kappa shape index (κ2) is 9.04. The molecule has 8 heteroatoms. The van der Waals surface area contributed by atoms with Crippen LogP contribution in [0.4, 0.5) is 17.3 Å². The topological polar surface area (TPSA) is 117 Å². The quantitative estimate of drug-likeness (QED) is 0.736. The van der Waals surface area contributed by atoms with Crippen molar-refractivity contribution in [3.8, 4) is 12.1 Å². The number of aromatic nitrogens is 2. The first-order valence-electron chi connectivity index (χ1n) is 8.90. The number of nitrogens with two attached hydrogens (primary N) is 1. The van der Waals surface area contributed by atoms with Gasteiger partial charge in [0.15, 0.2) is 11.6 Å². The predicted octanol–water partition coefficient (Wildman–Crippen LogP) is 3.27. The van der Waals surface area contributed by atoms with Crippen LogP contribution in [-0.4, -0.2) is 29.0 Å². The van der Waals surface area contributed by atoms with Gasteiger partial charge >= 0.3 is 6.01 Å². The summed E-state index contributed by atoms with van der Waals surface area (Å²) >= 11 is 0. The third-order valence-corrected chi connectivity index (χ3v) is 4.47. The number of carbonyl (C=O) groups excluding carboxylic acids is 1. The third-order valence-electron chi connectivity index (χ3n) is 4.47. The normalized spacial score (nSPS) is 13.6. The lowest BCUT2D eigenvalue weighted by Crippen LogP contribution is -2.41. The molecule has 1 aromatic carbocycles. The number of rotatable bonds is 6. The summed E-state index contributed by atoms with van der Waals surface area (Å²) in [6, 6.07) is 9.41. The fourth-order valence-electron chi connectivity index (χ4n) is 2.89. The minimum absolute atomic E-state index is 0. The molecule has 1 atom stereocenters. The smallest absolute Gasteiger partial charge is 0.320 e. The number of benzene rings is 1. The van der Waals surface area contributed by atoms with Gasteiger partial charge in [0.05, 0.1) is 30.8 Å². The average Bonchev–Trinajstić information content (AvgIpc) is 2.68. The van der Waals surface area contributed by atoms with Gasteiger partial charge < -0.3 is 20.7 Å². The molecule has 1 amide bonds. The van der Waals surface area contributed by atoms with Gasteiger partial charge in [-0.3, -0.25) is 4.79 Å². The molecule has 28 heavy (non-hydrogen) atoms. The molecule has 148 valence electrons. The maximum Gasteiger partial charge on any atom is 0.320 e. The Bertz CT molecular complexity index is 876. The van der Waals surface area contributed by atoms with Crippen LogP contribution in [0, 0.1) is 11.3 Å². The summed E-state index contributed by atoms with van der Waals surface area (Å²) in [5, 5.41) is 11.7. The summed E-state index contributed by atoms with van der Waals surface area (Å²) in [4.78, 5) is 22.7. The molecule has 1 aromatic heterocycles. The summed E-state index contributed by atoms with van der Waals surface area (Å²) in [7, 11) is 0. The van der Waals surface area contributed by atoms with Gasteiger partial charge in [-0.15, -0.1) is 0 Å². The standard InChI is InChI=1S/C19H22N6O2.CH4/c1-3-4-9-27-19-23-17(21)16-18(24-19)25(11-15(26)22-16)12(2)14-7-5-13(10-20)6-8-14;/h5-8,12H,3-4,9,11H2,1-2H3,(H,22,26)(H2,21,23,24);1H4. The van der Waals surface area contributed by atoms with Gasteiger partial charge in [-0.05, 0) is 31.0 Å². The Labute approximate surface area is 165 Å². The molecule has 8 nitrogen and oxygen atoms in total. The number of fused-ring (bicyclic) bond motifs is 1. The maximum atomic E-state index is 12.2. The Hall–Kier alpha value is -3.34. The molecule has 0 fully saturated rings. The number of nitrogen functional groups attached to an aromatic ring is 1. The van der Waals surface area contributed by atoms with Gasteiger partial charge in [0.25, 0.3) is 0 Å². The molecular formula is C20H26N6O2. The number of anilines is 3. The Morgan fingerprint density at radius 2 is 2.07 bits per heavy atom. The molecule has 1 unspecified atom stereocenters. The Morgan fingerprint density at radius 3 is 2.71 bits per heavy atom. The van der Waals surface area contributed by atoms with Crippen molar-refractivity contribution >= 4 is 23.2 Å². The van der Waals surface area contributed by atoms with Crippen molar-refractivity contribution in [2.45, 2.75) is 40.2 Å². The number of nitriles is 1. The molecule has 0 aliphatic carbocycles. The molecule has 0 bridgehead atoms. The van der Waals surface area contributed by atoms with Crippen molar-refractivity contribution in [3.05, 3.63) is 35.4 Å². The van der Waals surface area contributed by atoms with E-state index in [1.54, 1.807) is 12.1 Å². The van der Waals surface area contributed by atoms with Gasteiger partial charge in [-0.1, -0.05) is 32.9 Å². The summed E-state index contributed by atoms with van der Waals surface area (Å²) in [6.45, 7) is 4.69. The lowest BCUT2D eigenvalue weighted by Gasteiger charge is -2.35. The van der Waals surface area contributed by atoms with Crippen molar-refractivity contribution in [2.75, 3.05) is 29.1 Å². The van der Waals surface area contributed by atoms with E-state index >= 15 is 0 Å². The van der Waals surface area contributed by atoms with E-state index in [0.717, 1.165) is 18.4 Å². The van der Waals surface area contributed by atoms with Crippen LogP contribution in [0.5, 0.6) is 6.01 Å². The molecule has 0 spiro atoms. The fraction of sp³-hybridized carbons (Fsp3) is 0.400. The molecule has 2 heterocycles. The van der Waals surface area contributed by atoms with Crippen LogP contribution >= 0.6 is 0 Å². The molecule has 0 saturated heterocycles. The molecule has 3 rings (SSSR count). The molecular weight excluding hydrogens is 356 g/mol. The minimum atomic E-state index is -0.182. The highest BCUT2D eigenvalue weighted by molar-refractivity contribution is 6.03. The number of hydrogen-bond acceptors (Lipinski definition) is 7. The average molecular weight is 382 g/mol. The van der Waals surface area contributed by atoms with Crippen molar-refractivity contribution < 1.29 is 9.53 Å². The summed E-state index contributed by atoms with van der Waals surface area (Å²) < 4.78 is 5.61. The molecule has 2 aromatic rings. The molecule has 1 aliphatic rings. The number of ether oxygens (including phenoxy) is 1. The van der Waals surface area contributed by atoms with Crippen molar-refractivity contribution in [3.63, 3.8) is 0 Å². The van der Waals surface area contributed by atoms with E-state index in [2.05, 4.69) is 28.3 Å². The second-order valence-corrected chi connectivity index (χ2v) is 6.38. The summed E-state index contributed by atoms with van der Waals surface area (Å²) in [5.74, 6) is 0.528.